The minimum absolute atomic E-state index is 0.0418. The largest absolute Gasteiger partial charge is 0.504 e. The molecular weight excluding hydrogens is 388 g/mol. The number of rotatable bonds is 5. The Morgan fingerprint density at radius 1 is 1.27 bits per heavy atom. The average molecular weight is 410 g/mol. The van der Waals surface area contributed by atoms with Gasteiger partial charge in [0.25, 0.3) is 16.8 Å². The number of amides is 1. The van der Waals surface area contributed by atoms with Crippen LogP contribution in [0.4, 0.5) is 17.1 Å². The maximum Gasteiger partial charge on any atom is 0.275 e. The van der Waals surface area contributed by atoms with E-state index in [-0.39, 0.29) is 28.8 Å². The van der Waals surface area contributed by atoms with Crippen LogP contribution in [0.2, 0.25) is 0 Å². The highest BCUT2D eigenvalue weighted by Crippen LogP contribution is 2.36. The number of pyridine rings is 1. The van der Waals surface area contributed by atoms with Crippen molar-refractivity contribution < 1.29 is 14.3 Å². The van der Waals surface area contributed by atoms with Crippen molar-refractivity contribution in [3.05, 3.63) is 61.6 Å². The van der Waals surface area contributed by atoms with E-state index in [2.05, 4.69) is 15.6 Å². The maximum atomic E-state index is 12.2. The van der Waals surface area contributed by atoms with Gasteiger partial charge in [-0.05, 0) is 43.9 Å². The van der Waals surface area contributed by atoms with Gasteiger partial charge in [-0.3, -0.25) is 14.4 Å². The molecule has 0 spiro atoms. The molecule has 9 heteroatoms. The van der Waals surface area contributed by atoms with Gasteiger partial charge in [0.1, 0.15) is 22.9 Å². The van der Waals surface area contributed by atoms with Crippen LogP contribution in [-0.4, -0.2) is 35.0 Å². The smallest absolute Gasteiger partial charge is 0.275 e. The Hall–Kier alpha value is -3.62. The highest BCUT2D eigenvalue weighted by Gasteiger charge is 2.30. The Labute approximate surface area is 172 Å². The zero-order valence-electron chi connectivity index (χ0n) is 16.9. The molecule has 1 aromatic carbocycles. The number of aromatic nitrogens is 1. The predicted molar refractivity (Wildman–Crippen MR) is 111 cm³/mol. The fourth-order valence-electron chi connectivity index (χ4n) is 3.72. The summed E-state index contributed by atoms with van der Waals surface area (Å²) in [6, 6.07) is 3.20. The van der Waals surface area contributed by atoms with Crippen LogP contribution in [0.15, 0.2) is 32.3 Å². The van der Waals surface area contributed by atoms with Gasteiger partial charge in [-0.15, -0.1) is 0 Å². The molecule has 0 saturated carbocycles. The normalized spacial score (nSPS) is 15.6. The molecule has 0 radical (unpaired) electrons. The van der Waals surface area contributed by atoms with E-state index in [4.69, 9.17) is 4.42 Å². The molecule has 4 rings (SSSR count). The van der Waals surface area contributed by atoms with Crippen molar-refractivity contribution in [2.45, 2.75) is 32.2 Å². The van der Waals surface area contributed by atoms with Gasteiger partial charge in [-0.2, -0.15) is 0 Å². The molecule has 3 aromatic rings. The van der Waals surface area contributed by atoms with Crippen LogP contribution < -0.4 is 21.5 Å². The van der Waals surface area contributed by atoms with Gasteiger partial charge in [-0.1, -0.05) is 0 Å². The Morgan fingerprint density at radius 2 is 2.00 bits per heavy atom. The number of anilines is 3. The summed E-state index contributed by atoms with van der Waals surface area (Å²) in [4.78, 5) is 41.8. The molecule has 2 aromatic heterocycles. The summed E-state index contributed by atoms with van der Waals surface area (Å²) in [5, 5.41) is 16.4. The predicted octanol–water partition coefficient (Wildman–Crippen LogP) is 2.22. The molecule has 156 valence electrons. The first-order chi connectivity index (χ1) is 14.3. The van der Waals surface area contributed by atoms with Crippen molar-refractivity contribution >= 4 is 23.0 Å². The zero-order valence-corrected chi connectivity index (χ0v) is 16.9. The monoisotopic (exact) mass is 410 g/mol. The summed E-state index contributed by atoms with van der Waals surface area (Å²) in [6.45, 7) is 1.87. The summed E-state index contributed by atoms with van der Waals surface area (Å²) in [5.41, 5.74) is -0.0801. The molecule has 1 atom stereocenters. The Morgan fingerprint density at radius 3 is 2.73 bits per heavy atom. The number of nitrogens with one attached hydrogen (secondary N) is 2. The topological polar surface area (TPSA) is 125 Å². The number of nitrogens with zero attached hydrogens (tertiary/aromatic N) is 2. The van der Waals surface area contributed by atoms with Crippen molar-refractivity contribution in [3.63, 3.8) is 0 Å². The molecular formula is C21H22N4O5. The summed E-state index contributed by atoms with van der Waals surface area (Å²) in [7, 11) is 3.08. The molecule has 0 bridgehead atoms. The summed E-state index contributed by atoms with van der Waals surface area (Å²) in [6.07, 6.45) is 3.95. The first-order valence-corrected chi connectivity index (χ1v) is 9.63. The minimum atomic E-state index is -0.694. The van der Waals surface area contributed by atoms with Crippen LogP contribution in [0.5, 0.6) is 5.75 Å². The van der Waals surface area contributed by atoms with E-state index in [1.54, 1.807) is 0 Å². The van der Waals surface area contributed by atoms with Gasteiger partial charge in [0.05, 0.1) is 11.7 Å². The van der Waals surface area contributed by atoms with Crippen molar-refractivity contribution in [1.29, 1.82) is 0 Å². The average Bonchev–Trinajstić information content (AvgIpc) is 3.11. The third-order valence-electron chi connectivity index (χ3n) is 5.24. The van der Waals surface area contributed by atoms with E-state index >= 15 is 0 Å². The summed E-state index contributed by atoms with van der Waals surface area (Å²) < 4.78 is 5.80. The molecule has 0 unspecified atom stereocenters. The van der Waals surface area contributed by atoms with Gasteiger partial charge >= 0.3 is 0 Å². The Kier molecular flexibility index (Phi) is 4.81. The number of carbonyl (C=O) groups is 1. The lowest BCUT2D eigenvalue weighted by Gasteiger charge is -2.25. The van der Waals surface area contributed by atoms with Crippen LogP contribution in [0.3, 0.4) is 0 Å². The molecule has 0 saturated heterocycles. The molecule has 1 aliphatic carbocycles. The minimum Gasteiger partial charge on any atom is -0.504 e. The third-order valence-corrected chi connectivity index (χ3v) is 5.24. The standard InChI is InChI=1S/C21H22N4O5/c1-10-9-11-5-4-6-13(20(11)30-10)24-15-14(18(27)19(15)28)23-12-7-8-22-16(17(12)26)21(29)25(2)3/h7-9,13,24,26H,4-6H2,1-3H3,(H,22,23)/t13-/m1/s1. The van der Waals surface area contributed by atoms with E-state index < -0.39 is 22.5 Å². The van der Waals surface area contributed by atoms with Crippen LogP contribution >= 0.6 is 0 Å². The second kappa shape index (κ2) is 7.33. The van der Waals surface area contributed by atoms with Crippen molar-refractivity contribution in [2.24, 2.45) is 0 Å². The number of hydrogen-bond acceptors (Lipinski definition) is 8. The number of carbonyl (C=O) groups excluding carboxylic acids is 1. The molecule has 9 nitrogen and oxygen atoms in total. The number of furan rings is 1. The van der Waals surface area contributed by atoms with E-state index in [0.29, 0.717) is 0 Å². The van der Waals surface area contributed by atoms with Crippen LogP contribution in [-0.2, 0) is 6.42 Å². The lowest BCUT2D eigenvalue weighted by molar-refractivity contribution is 0.0819. The summed E-state index contributed by atoms with van der Waals surface area (Å²) in [5.74, 6) is 0.708. The highest BCUT2D eigenvalue weighted by molar-refractivity contribution is 5.97. The molecule has 2 heterocycles. The zero-order chi connectivity index (χ0) is 21.6. The first kappa shape index (κ1) is 19.7. The number of hydrogen-bond donors (Lipinski definition) is 3. The number of aromatic hydroxyl groups is 1. The quantitative estimate of drug-likeness (QED) is 0.547. The second-order valence-electron chi connectivity index (χ2n) is 7.62. The fourth-order valence-corrected chi connectivity index (χ4v) is 3.72. The van der Waals surface area contributed by atoms with Crippen molar-refractivity contribution in [3.8, 4) is 5.75 Å². The SMILES string of the molecule is Cc1cc2c(o1)[C@H](Nc1c(Nc3ccnc(C(=O)N(C)C)c3O)c(=O)c1=O)CCC2. The lowest BCUT2D eigenvalue weighted by atomic mass is 9.93. The second-order valence-corrected chi connectivity index (χ2v) is 7.62. The van der Waals surface area contributed by atoms with Gasteiger partial charge in [0.2, 0.25) is 0 Å². The molecule has 0 fully saturated rings. The highest BCUT2D eigenvalue weighted by atomic mass is 16.3. The van der Waals surface area contributed by atoms with E-state index in [1.807, 2.05) is 13.0 Å². The third kappa shape index (κ3) is 3.22. The first-order valence-electron chi connectivity index (χ1n) is 9.63. The Balaban J connectivity index is 1.63. The van der Waals surface area contributed by atoms with Crippen LogP contribution in [0.25, 0.3) is 0 Å². The van der Waals surface area contributed by atoms with Gasteiger partial charge in [0.15, 0.2) is 11.4 Å². The molecule has 1 aliphatic rings. The van der Waals surface area contributed by atoms with Crippen molar-refractivity contribution in [2.75, 3.05) is 24.7 Å². The van der Waals surface area contributed by atoms with Gasteiger partial charge in [-0.25, -0.2) is 4.98 Å². The van der Waals surface area contributed by atoms with Gasteiger partial charge < -0.3 is 25.1 Å². The Bertz CT molecular complexity index is 1200. The van der Waals surface area contributed by atoms with E-state index in [9.17, 15) is 19.5 Å². The number of aryl methyl sites for hydroxylation is 2. The molecule has 3 N–H and O–H groups in total. The molecule has 30 heavy (non-hydrogen) atoms. The van der Waals surface area contributed by atoms with E-state index in [1.165, 1.54) is 31.3 Å². The van der Waals surface area contributed by atoms with Crippen LogP contribution in [0.1, 0.15) is 46.5 Å². The summed E-state index contributed by atoms with van der Waals surface area (Å²) >= 11 is 0. The fraction of sp³-hybridized carbons (Fsp3) is 0.333. The molecule has 0 aliphatic heterocycles. The van der Waals surface area contributed by atoms with Gasteiger partial charge in [0, 0.05) is 20.3 Å². The number of fused-ring (bicyclic) bond motifs is 1. The van der Waals surface area contributed by atoms with Crippen molar-refractivity contribution in [1.82, 2.24) is 9.88 Å². The van der Waals surface area contributed by atoms with E-state index in [0.717, 1.165) is 36.3 Å². The maximum absolute atomic E-state index is 12.2. The lowest BCUT2D eigenvalue weighted by Crippen LogP contribution is -2.37. The van der Waals surface area contributed by atoms with Crippen LogP contribution in [0, 0.1) is 6.92 Å². The molecule has 1 amide bonds.